The fraction of sp³-hybridized carbons (Fsp3) is 0.381. The first kappa shape index (κ1) is 19.1. The Bertz CT molecular complexity index is 587. The van der Waals surface area contributed by atoms with Gasteiger partial charge < -0.3 is 5.11 Å². The molecule has 0 spiro atoms. The average Bonchev–Trinajstić information content (AvgIpc) is 2.46. The molecule has 2 aromatic rings. The maximum absolute atomic E-state index is 11.7. The first-order chi connectivity index (χ1) is 10.6. The molecule has 2 nitrogen and oxygen atoms in total. The molecule has 2 aromatic carbocycles. The van der Waals surface area contributed by atoms with Gasteiger partial charge in [0.2, 0.25) is 0 Å². The summed E-state index contributed by atoms with van der Waals surface area (Å²) in [4.78, 5) is 11.7. The zero-order chi connectivity index (χ0) is 17.5. The van der Waals surface area contributed by atoms with Crippen molar-refractivity contribution in [1.29, 1.82) is 0 Å². The van der Waals surface area contributed by atoms with Crippen LogP contribution < -0.4 is 0 Å². The van der Waals surface area contributed by atoms with Crippen molar-refractivity contribution in [2.75, 3.05) is 0 Å². The zero-order valence-corrected chi connectivity index (χ0v) is 14.8. The molecule has 0 fully saturated rings. The van der Waals surface area contributed by atoms with Crippen LogP contribution in [0, 0.1) is 5.41 Å². The van der Waals surface area contributed by atoms with Crippen molar-refractivity contribution in [2.24, 2.45) is 5.41 Å². The van der Waals surface area contributed by atoms with Gasteiger partial charge in [-0.25, -0.2) is 0 Å². The highest BCUT2D eigenvalue weighted by atomic mass is 16.3. The van der Waals surface area contributed by atoms with Gasteiger partial charge in [-0.15, -0.1) is 0 Å². The monoisotopic (exact) mass is 312 g/mol. The third-order valence-electron chi connectivity index (χ3n) is 3.20. The second kappa shape index (κ2) is 8.07. The maximum atomic E-state index is 11.7. The van der Waals surface area contributed by atoms with Gasteiger partial charge in [0.1, 0.15) is 0 Å². The van der Waals surface area contributed by atoms with E-state index in [9.17, 15) is 9.90 Å². The highest BCUT2D eigenvalue weighted by molar-refractivity contribution is 5.99. The van der Waals surface area contributed by atoms with Crippen molar-refractivity contribution < 1.29 is 9.90 Å². The summed E-state index contributed by atoms with van der Waals surface area (Å²) in [5.41, 5.74) is 1.10. The summed E-state index contributed by atoms with van der Waals surface area (Å²) in [7, 11) is 0. The molecule has 0 unspecified atom stereocenters. The summed E-state index contributed by atoms with van der Waals surface area (Å²) in [6.07, 6.45) is 0.716. The SMILES string of the molecule is CC(C)(C)C(=O)c1ccccc1.CC(C)(O)Cc1ccccc1. The number of rotatable bonds is 3. The molecular weight excluding hydrogens is 284 g/mol. The van der Waals surface area contributed by atoms with Crippen LogP contribution in [0.4, 0.5) is 0 Å². The molecule has 0 aliphatic carbocycles. The Labute approximate surface area is 140 Å². The average molecular weight is 312 g/mol. The van der Waals surface area contributed by atoms with Crippen LogP contribution in [0.2, 0.25) is 0 Å². The number of carbonyl (C=O) groups excluding carboxylic acids is 1. The third-order valence-corrected chi connectivity index (χ3v) is 3.20. The fourth-order valence-corrected chi connectivity index (χ4v) is 2.12. The van der Waals surface area contributed by atoms with Crippen LogP contribution in [-0.4, -0.2) is 16.5 Å². The second-order valence-corrected chi connectivity index (χ2v) is 7.42. The topological polar surface area (TPSA) is 37.3 Å². The lowest BCUT2D eigenvalue weighted by Crippen LogP contribution is -2.21. The molecule has 1 N–H and O–H groups in total. The number of aliphatic hydroxyl groups is 1. The molecule has 0 aromatic heterocycles. The minimum atomic E-state index is -0.596. The van der Waals surface area contributed by atoms with Crippen LogP contribution in [-0.2, 0) is 6.42 Å². The molecule has 0 amide bonds. The maximum Gasteiger partial charge on any atom is 0.168 e. The van der Waals surface area contributed by atoms with Gasteiger partial charge in [-0.05, 0) is 19.4 Å². The molecule has 124 valence electrons. The Morgan fingerprint density at radius 1 is 0.826 bits per heavy atom. The molecule has 2 heteroatoms. The Hall–Kier alpha value is -1.93. The van der Waals surface area contributed by atoms with Crippen LogP contribution in [0.15, 0.2) is 60.7 Å². The van der Waals surface area contributed by atoms with E-state index in [4.69, 9.17) is 0 Å². The minimum Gasteiger partial charge on any atom is -0.390 e. The fourth-order valence-electron chi connectivity index (χ4n) is 2.12. The molecule has 23 heavy (non-hydrogen) atoms. The first-order valence-corrected chi connectivity index (χ1v) is 7.96. The van der Waals surface area contributed by atoms with Crippen molar-refractivity contribution >= 4 is 5.78 Å². The van der Waals surface area contributed by atoms with Crippen molar-refractivity contribution in [3.05, 3.63) is 71.8 Å². The van der Waals surface area contributed by atoms with Crippen LogP contribution in [0.5, 0.6) is 0 Å². The molecule has 0 atom stereocenters. The summed E-state index contributed by atoms with van der Waals surface area (Å²) in [5, 5.41) is 9.47. The lowest BCUT2D eigenvalue weighted by Gasteiger charge is -2.16. The quantitative estimate of drug-likeness (QED) is 0.817. The van der Waals surface area contributed by atoms with E-state index < -0.39 is 5.60 Å². The zero-order valence-electron chi connectivity index (χ0n) is 14.8. The molecule has 0 aliphatic rings. The minimum absolute atomic E-state index is 0.197. The van der Waals surface area contributed by atoms with Gasteiger partial charge >= 0.3 is 0 Å². The van der Waals surface area contributed by atoms with Crippen molar-refractivity contribution in [1.82, 2.24) is 0 Å². The van der Waals surface area contributed by atoms with Gasteiger partial charge in [0.05, 0.1) is 5.60 Å². The van der Waals surface area contributed by atoms with Gasteiger partial charge in [0, 0.05) is 17.4 Å². The normalized spacial score (nSPS) is 11.4. The number of benzene rings is 2. The molecule has 0 radical (unpaired) electrons. The molecule has 0 heterocycles. The Morgan fingerprint density at radius 3 is 1.65 bits per heavy atom. The Morgan fingerprint density at radius 2 is 1.26 bits per heavy atom. The summed E-state index contributed by atoms with van der Waals surface area (Å²) in [5.74, 6) is 0.197. The predicted octanol–water partition coefficient (Wildman–Crippen LogP) is 4.92. The van der Waals surface area contributed by atoms with Crippen LogP contribution in [0.25, 0.3) is 0 Å². The number of hydrogen-bond donors (Lipinski definition) is 1. The van der Waals surface area contributed by atoms with Crippen molar-refractivity contribution in [3.8, 4) is 0 Å². The van der Waals surface area contributed by atoms with E-state index >= 15 is 0 Å². The molecular formula is C21H28O2. The van der Waals surface area contributed by atoms with Gasteiger partial charge in [-0.2, -0.15) is 0 Å². The smallest absolute Gasteiger partial charge is 0.168 e. The number of ketones is 1. The van der Waals surface area contributed by atoms with Gasteiger partial charge in [0.15, 0.2) is 5.78 Å². The van der Waals surface area contributed by atoms with Crippen LogP contribution in [0.3, 0.4) is 0 Å². The van der Waals surface area contributed by atoms with E-state index in [-0.39, 0.29) is 11.2 Å². The lowest BCUT2D eigenvalue weighted by atomic mass is 9.87. The Kier molecular flexibility index (Phi) is 6.71. The van der Waals surface area contributed by atoms with E-state index in [0.29, 0.717) is 6.42 Å². The molecule has 0 aliphatic heterocycles. The highest BCUT2D eigenvalue weighted by Gasteiger charge is 2.22. The summed E-state index contributed by atoms with van der Waals surface area (Å²) in [6, 6.07) is 19.4. The summed E-state index contributed by atoms with van der Waals surface area (Å²) >= 11 is 0. The van der Waals surface area contributed by atoms with Crippen LogP contribution >= 0.6 is 0 Å². The van der Waals surface area contributed by atoms with Crippen molar-refractivity contribution in [2.45, 2.75) is 46.6 Å². The van der Waals surface area contributed by atoms with E-state index in [2.05, 4.69) is 0 Å². The number of carbonyl (C=O) groups is 1. The molecule has 2 rings (SSSR count). The van der Waals surface area contributed by atoms with E-state index in [1.165, 1.54) is 5.56 Å². The number of Topliss-reactive ketones (excluding diaryl/α,β-unsaturated/α-hetero) is 1. The Balaban J connectivity index is 0.000000231. The second-order valence-electron chi connectivity index (χ2n) is 7.42. The summed E-state index contributed by atoms with van der Waals surface area (Å²) < 4.78 is 0. The predicted molar refractivity (Wildman–Crippen MR) is 96.7 cm³/mol. The van der Waals surface area contributed by atoms with Gasteiger partial charge in [-0.3, -0.25) is 4.79 Å². The molecule has 0 saturated heterocycles. The summed E-state index contributed by atoms with van der Waals surface area (Å²) in [6.45, 7) is 9.44. The largest absolute Gasteiger partial charge is 0.390 e. The molecule has 0 bridgehead atoms. The number of hydrogen-bond acceptors (Lipinski definition) is 2. The lowest BCUT2D eigenvalue weighted by molar-refractivity contribution is 0.0809. The van der Waals surface area contributed by atoms with Crippen LogP contribution in [0.1, 0.15) is 50.5 Å². The highest BCUT2D eigenvalue weighted by Crippen LogP contribution is 2.20. The van der Waals surface area contributed by atoms with E-state index in [1.54, 1.807) is 0 Å². The first-order valence-electron chi connectivity index (χ1n) is 7.96. The third kappa shape index (κ3) is 7.75. The van der Waals surface area contributed by atoms with Crippen molar-refractivity contribution in [3.63, 3.8) is 0 Å². The van der Waals surface area contributed by atoms with Gasteiger partial charge in [0.25, 0.3) is 0 Å². The van der Waals surface area contributed by atoms with E-state index in [0.717, 1.165) is 5.56 Å². The standard InChI is InChI=1S/C11H14O.C10H14O/c1-11(2,3)10(12)9-7-5-4-6-8-9;1-10(2,11)8-9-6-4-3-5-7-9/h4-8H,1-3H3;3-7,11H,8H2,1-2H3. The molecule has 0 saturated carbocycles. The van der Waals surface area contributed by atoms with E-state index in [1.807, 2.05) is 95.3 Å². The van der Waals surface area contributed by atoms with Gasteiger partial charge in [-0.1, -0.05) is 81.4 Å².